The van der Waals surface area contributed by atoms with Crippen LogP contribution in [0.3, 0.4) is 0 Å². The number of benzene rings is 1. The second-order valence-corrected chi connectivity index (χ2v) is 8.31. The van der Waals surface area contributed by atoms with Gasteiger partial charge in [0.1, 0.15) is 23.5 Å². The lowest BCUT2D eigenvalue weighted by molar-refractivity contribution is 0.230. The first-order valence-electron chi connectivity index (χ1n) is 10.6. The fraction of sp³-hybridized carbons (Fsp3) is 0.208. The Hall–Kier alpha value is -4.32. The highest BCUT2D eigenvalue weighted by molar-refractivity contribution is 5.95. The summed E-state index contributed by atoms with van der Waals surface area (Å²) < 4.78 is 23.3. The quantitative estimate of drug-likeness (QED) is 0.400. The molecule has 0 unspecified atom stereocenters. The molecule has 1 aromatic carbocycles. The van der Waals surface area contributed by atoms with E-state index >= 15 is 0 Å². The van der Waals surface area contributed by atoms with Gasteiger partial charge in [-0.1, -0.05) is 0 Å². The van der Waals surface area contributed by atoms with Crippen LogP contribution >= 0.6 is 0 Å². The molecule has 1 saturated carbocycles. The maximum atomic E-state index is 13.6. The minimum atomic E-state index is -0.310. The van der Waals surface area contributed by atoms with E-state index in [1.807, 2.05) is 34.8 Å². The van der Waals surface area contributed by atoms with E-state index in [0.29, 0.717) is 28.6 Å². The summed E-state index contributed by atoms with van der Waals surface area (Å²) in [6.45, 7) is 0. The highest BCUT2D eigenvalue weighted by Gasteiger charge is 2.32. The minimum Gasteiger partial charge on any atom is -0.436 e. The average molecular weight is 439 g/mol. The summed E-state index contributed by atoms with van der Waals surface area (Å²) >= 11 is 0. The predicted octanol–water partition coefficient (Wildman–Crippen LogP) is 4.77. The van der Waals surface area contributed by atoms with Crippen LogP contribution in [0.2, 0.25) is 0 Å². The lowest BCUT2D eigenvalue weighted by Gasteiger charge is -2.30. The predicted molar refractivity (Wildman–Crippen MR) is 118 cm³/mol. The van der Waals surface area contributed by atoms with Crippen molar-refractivity contribution in [3.63, 3.8) is 0 Å². The molecule has 1 fully saturated rings. The maximum Gasteiger partial charge on any atom is 0.230 e. The Morgan fingerprint density at radius 1 is 1.09 bits per heavy atom. The van der Waals surface area contributed by atoms with Gasteiger partial charge in [0.05, 0.1) is 35.4 Å². The summed E-state index contributed by atoms with van der Waals surface area (Å²) in [6.07, 6.45) is 8.51. The molecule has 0 amide bonds. The number of imidazole rings is 1. The van der Waals surface area contributed by atoms with Crippen LogP contribution in [0, 0.1) is 23.1 Å². The Labute approximate surface area is 188 Å². The molecule has 0 saturated heterocycles. The number of aromatic nitrogens is 6. The van der Waals surface area contributed by atoms with E-state index in [9.17, 15) is 4.39 Å². The van der Waals surface area contributed by atoms with Crippen molar-refractivity contribution in [3.05, 3.63) is 61.2 Å². The van der Waals surface area contributed by atoms with Crippen molar-refractivity contribution >= 4 is 11.1 Å². The van der Waals surface area contributed by atoms with Gasteiger partial charge < -0.3 is 8.98 Å². The van der Waals surface area contributed by atoms with Crippen molar-refractivity contribution in [1.82, 2.24) is 29.3 Å². The van der Waals surface area contributed by atoms with E-state index in [-0.39, 0.29) is 17.8 Å². The smallest absolute Gasteiger partial charge is 0.230 e. The molecule has 6 rings (SSSR count). The number of nitriles is 1. The third-order valence-corrected chi connectivity index (χ3v) is 6.06. The van der Waals surface area contributed by atoms with Crippen LogP contribution in [-0.2, 0) is 7.05 Å². The Morgan fingerprint density at radius 3 is 2.64 bits per heavy atom. The maximum absolute atomic E-state index is 13.6. The van der Waals surface area contributed by atoms with Crippen LogP contribution in [-0.4, -0.2) is 29.3 Å². The molecular weight excluding hydrogens is 421 g/mol. The molecule has 0 aliphatic heterocycles. The van der Waals surface area contributed by atoms with E-state index < -0.39 is 0 Å². The molecular formula is C24H18FN7O. The summed E-state index contributed by atoms with van der Waals surface area (Å²) in [7, 11) is 1.89. The van der Waals surface area contributed by atoms with E-state index in [4.69, 9.17) is 14.8 Å². The van der Waals surface area contributed by atoms with Crippen LogP contribution in [0.4, 0.5) is 4.39 Å². The number of hydrogen-bond donors (Lipinski definition) is 0. The Kier molecular flexibility index (Phi) is 4.33. The lowest BCUT2D eigenvalue weighted by atomic mass is 9.81. The Bertz CT molecular complexity index is 1520. The largest absolute Gasteiger partial charge is 0.436 e. The minimum absolute atomic E-state index is 0.0532. The molecule has 4 aromatic heterocycles. The first kappa shape index (κ1) is 19.4. The second-order valence-electron chi connectivity index (χ2n) is 8.31. The summed E-state index contributed by atoms with van der Waals surface area (Å²) in [5.74, 6) is 0.339. The van der Waals surface area contributed by atoms with Gasteiger partial charge in [-0.05, 0) is 43.2 Å². The van der Waals surface area contributed by atoms with Crippen LogP contribution in [0.5, 0.6) is 0 Å². The number of nitrogens with zero attached hydrogens (tertiary/aromatic N) is 7. The molecule has 8 nitrogen and oxygen atoms in total. The van der Waals surface area contributed by atoms with Gasteiger partial charge in [0.2, 0.25) is 5.71 Å². The molecule has 4 heterocycles. The van der Waals surface area contributed by atoms with Gasteiger partial charge in [-0.15, -0.1) is 0 Å². The van der Waals surface area contributed by atoms with E-state index in [1.165, 1.54) is 18.5 Å². The van der Waals surface area contributed by atoms with E-state index in [1.54, 1.807) is 18.5 Å². The summed E-state index contributed by atoms with van der Waals surface area (Å²) in [5, 5.41) is 14.7. The van der Waals surface area contributed by atoms with Gasteiger partial charge in [-0.3, -0.25) is 4.68 Å². The third kappa shape index (κ3) is 3.27. The first-order valence-corrected chi connectivity index (χ1v) is 10.6. The van der Waals surface area contributed by atoms with Crippen LogP contribution in [0.1, 0.15) is 18.9 Å². The first-order chi connectivity index (χ1) is 16.1. The third-order valence-electron chi connectivity index (χ3n) is 6.06. The summed E-state index contributed by atoms with van der Waals surface area (Å²) in [6, 6.07) is 10.6. The van der Waals surface area contributed by atoms with E-state index in [2.05, 4.69) is 21.0 Å². The Morgan fingerprint density at radius 2 is 1.91 bits per heavy atom. The van der Waals surface area contributed by atoms with Crippen molar-refractivity contribution in [3.8, 4) is 40.0 Å². The van der Waals surface area contributed by atoms with Crippen molar-refractivity contribution in [2.75, 3.05) is 0 Å². The zero-order chi connectivity index (χ0) is 22.5. The molecule has 0 bridgehead atoms. The molecule has 0 spiro atoms. The molecule has 0 N–H and O–H groups in total. The average Bonchev–Trinajstić information content (AvgIpc) is 3.51. The molecule has 9 heteroatoms. The van der Waals surface area contributed by atoms with Gasteiger partial charge in [0.25, 0.3) is 0 Å². The number of hydrogen-bond acceptors (Lipinski definition) is 6. The standard InChI is InChI=1S/C24H18FN7O/c1-31-11-20(29-13-31)21-8-18-23(27-12-28-24(18)33-21)19-10-32(17-6-14(7-17)9-26)30-22(19)15-2-4-16(25)5-3-15/h2-5,8,10-14,17H,6-7H2,1H3. The van der Waals surface area contributed by atoms with Crippen LogP contribution in [0.25, 0.3) is 45.1 Å². The number of furan rings is 1. The van der Waals surface area contributed by atoms with Crippen molar-refractivity contribution in [1.29, 1.82) is 5.26 Å². The lowest BCUT2D eigenvalue weighted by Crippen LogP contribution is -2.26. The molecule has 1 aliphatic carbocycles. The summed E-state index contributed by atoms with van der Waals surface area (Å²) in [5.41, 5.74) is 4.09. The highest BCUT2D eigenvalue weighted by Crippen LogP contribution is 2.41. The van der Waals surface area contributed by atoms with Crippen LogP contribution < -0.4 is 0 Å². The van der Waals surface area contributed by atoms with Crippen molar-refractivity contribution in [2.45, 2.75) is 18.9 Å². The SMILES string of the molecule is Cn1cnc(-c2cc3c(-c4cn(C5CC(C#N)C5)nc4-c4ccc(F)cc4)ncnc3o2)c1. The van der Waals surface area contributed by atoms with Crippen molar-refractivity contribution in [2.24, 2.45) is 13.0 Å². The normalized spacial score (nSPS) is 17.7. The summed E-state index contributed by atoms with van der Waals surface area (Å²) in [4.78, 5) is 13.2. The monoisotopic (exact) mass is 439 g/mol. The fourth-order valence-electron chi connectivity index (χ4n) is 4.22. The molecule has 5 aromatic rings. The van der Waals surface area contributed by atoms with Gasteiger partial charge in [0.15, 0.2) is 5.76 Å². The van der Waals surface area contributed by atoms with Crippen LogP contribution in [0.15, 0.2) is 59.8 Å². The fourth-order valence-corrected chi connectivity index (χ4v) is 4.22. The van der Waals surface area contributed by atoms with Crippen molar-refractivity contribution < 1.29 is 8.81 Å². The highest BCUT2D eigenvalue weighted by atomic mass is 19.1. The number of aryl methyl sites for hydroxylation is 1. The molecule has 0 atom stereocenters. The molecule has 33 heavy (non-hydrogen) atoms. The molecule has 1 aliphatic rings. The topological polar surface area (TPSA) is 98.3 Å². The zero-order valence-corrected chi connectivity index (χ0v) is 17.7. The van der Waals surface area contributed by atoms with E-state index in [0.717, 1.165) is 29.4 Å². The molecule has 0 radical (unpaired) electrons. The number of rotatable bonds is 4. The zero-order valence-electron chi connectivity index (χ0n) is 17.7. The second kappa shape index (κ2) is 7.38. The van der Waals surface area contributed by atoms with Gasteiger partial charge in [0, 0.05) is 30.6 Å². The van der Waals surface area contributed by atoms with Gasteiger partial charge in [-0.2, -0.15) is 10.4 Å². The number of halogens is 1. The molecule has 162 valence electrons. The van der Waals surface area contributed by atoms with Gasteiger partial charge >= 0.3 is 0 Å². The number of fused-ring (bicyclic) bond motifs is 1. The van der Waals surface area contributed by atoms with Gasteiger partial charge in [-0.25, -0.2) is 19.3 Å². The Balaban J connectivity index is 1.50.